The van der Waals surface area contributed by atoms with Crippen LogP contribution in [-0.4, -0.2) is 0 Å². The second kappa shape index (κ2) is 7.75. The summed E-state index contributed by atoms with van der Waals surface area (Å²) in [4.78, 5) is 0. The summed E-state index contributed by atoms with van der Waals surface area (Å²) < 4.78 is 1.21. The van der Waals surface area contributed by atoms with Crippen LogP contribution in [0, 0.1) is 3.57 Å². The number of benzene rings is 4. The van der Waals surface area contributed by atoms with E-state index in [0.717, 1.165) is 11.4 Å². The van der Waals surface area contributed by atoms with Crippen LogP contribution in [0.2, 0.25) is 0 Å². The van der Waals surface area contributed by atoms with Crippen LogP contribution in [0.3, 0.4) is 0 Å². The first-order chi connectivity index (χ1) is 12.8. The van der Waals surface area contributed by atoms with Gasteiger partial charge in [-0.05, 0) is 63.5 Å². The molecule has 0 aliphatic carbocycles. The zero-order chi connectivity index (χ0) is 17.8. The van der Waals surface area contributed by atoms with Crippen LogP contribution in [0.4, 0.5) is 11.4 Å². The number of anilines is 2. The maximum atomic E-state index is 3.62. The summed E-state index contributed by atoms with van der Waals surface area (Å²) in [6.07, 6.45) is 0. The number of rotatable bonds is 4. The highest BCUT2D eigenvalue weighted by atomic mass is 127. The molecule has 0 unspecified atom stereocenters. The van der Waals surface area contributed by atoms with E-state index in [4.69, 9.17) is 0 Å². The van der Waals surface area contributed by atoms with Crippen molar-refractivity contribution in [3.63, 3.8) is 0 Å². The van der Waals surface area contributed by atoms with Gasteiger partial charge in [0.05, 0.1) is 0 Å². The van der Waals surface area contributed by atoms with Crippen molar-refractivity contribution in [2.24, 2.45) is 0 Å². The molecular weight excluding hydrogens is 429 g/mol. The summed E-state index contributed by atoms with van der Waals surface area (Å²) in [5, 5.41) is 3.62. The predicted octanol–water partition coefficient (Wildman–Crippen LogP) is 7.37. The molecule has 0 saturated carbocycles. The maximum Gasteiger partial charge on any atom is 0.0474 e. The summed E-state index contributed by atoms with van der Waals surface area (Å²) >= 11 is 2.36. The second-order valence-corrected chi connectivity index (χ2v) is 7.37. The Hall–Kier alpha value is -2.59. The Bertz CT molecular complexity index is 1010. The summed E-state index contributed by atoms with van der Waals surface area (Å²) in [7, 11) is 0. The summed E-state index contributed by atoms with van der Waals surface area (Å²) in [5.74, 6) is 0. The van der Waals surface area contributed by atoms with Gasteiger partial charge in [-0.2, -0.15) is 0 Å². The molecule has 0 aromatic heterocycles. The van der Waals surface area contributed by atoms with E-state index in [2.05, 4.69) is 119 Å². The molecule has 4 rings (SSSR count). The van der Waals surface area contributed by atoms with Crippen molar-refractivity contribution in [2.75, 3.05) is 5.32 Å². The number of halogens is 1. The molecular formula is C24H18IN. The molecule has 0 amide bonds. The molecule has 1 N–H and O–H groups in total. The fraction of sp³-hybridized carbons (Fsp3) is 0. The lowest BCUT2D eigenvalue weighted by molar-refractivity contribution is 1.51. The highest BCUT2D eigenvalue weighted by Crippen LogP contribution is 2.32. The molecule has 26 heavy (non-hydrogen) atoms. The Morgan fingerprint density at radius 2 is 1.19 bits per heavy atom. The van der Waals surface area contributed by atoms with Crippen LogP contribution in [0.5, 0.6) is 0 Å². The third-order valence-corrected chi connectivity index (χ3v) is 4.99. The zero-order valence-electron chi connectivity index (χ0n) is 14.2. The molecule has 2 heteroatoms. The minimum atomic E-state index is 1.09. The van der Waals surface area contributed by atoms with E-state index in [0.29, 0.717) is 0 Å². The molecule has 0 bridgehead atoms. The Morgan fingerprint density at radius 3 is 1.92 bits per heavy atom. The van der Waals surface area contributed by atoms with E-state index < -0.39 is 0 Å². The quantitative estimate of drug-likeness (QED) is 0.322. The minimum Gasteiger partial charge on any atom is -0.355 e. The average Bonchev–Trinajstić information content (AvgIpc) is 2.70. The number of hydrogen-bond donors (Lipinski definition) is 1. The first-order valence-electron chi connectivity index (χ1n) is 8.57. The van der Waals surface area contributed by atoms with Crippen LogP contribution in [0.15, 0.2) is 103 Å². The lowest BCUT2D eigenvalue weighted by atomic mass is 10.0. The normalized spacial score (nSPS) is 10.5. The van der Waals surface area contributed by atoms with Gasteiger partial charge in [-0.1, -0.05) is 78.9 Å². The standard InChI is InChI=1S/C24H18IN/c25-21-14-15-23(19-10-5-2-6-11-19)24(17-21)26-22-13-7-12-20(16-22)18-8-3-1-4-9-18/h1-17,26H. The van der Waals surface area contributed by atoms with Crippen molar-refractivity contribution >= 4 is 34.0 Å². The lowest BCUT2D eigenvalue weighted by Gasteiger charge is -2.14. The van der Waals surface area contributed by atoms with Crippen molar-refractivity contribution in [1.29, 1.82) is 0 Å². The fourth-order valence-electron chi connectivity index (χ4n) is 3.05. The van der Waals surface area contributed by atoms with Crippen molar-refractivity contribution in [1.82, 2.24) is 0 Å². The van der Waals surface area contributed by atoms with Crippen LogP contribution in [0.1, 0.15) is 0 Å². The first kappa shape index (κ1) is 16.9. The Kier molecular flexibility index (Phi) is 5.02. The highest BCUT2D eigenvalue weighted by molar-refractivity contribution is 14.1. The average molecular weight is 447 g/mol. The van der Waals surface area contributed by atoms with Gasteiger partial charge in [-0.3, -0.25) is 0 Å². The van der Waals surface area contributed by atoms with Crippen molar-refractivity contribution < 1.29 is 0 Å². The zero-order valence-corrected chi connectivity index (χ0v) is 16.4. The maximum absolute atomic E-state index is 3.62. The molecule has 1 nitrogen and oxygen atoms in total. The number of hydrogen-bond acceptors (Lipinski definition) is 1. The predicted molar refractivity (Wildman–Crippen MR) is 120 cm³/mol. The van der Waals surface area contributed by atoms with Gasteiger partial charge in [-0.25, -0.2) is 0 Å². The summed E-state index contributed by atoms with van der Waals surface area (Å²) in [6, 6.07) is 36.0. The first-order valence-corrected chi connectivity index (χ1v) is 9.65. The van der Waals surface area contributed by atoms with Gasteiger partial charge < -0.3 is 5.32 Å². The Balaban J connectivity index is 1.71. The van der Waals surface area contributed by atoms with Gasteiger partial charge in [0.2, 0.25) is 0 Å². The summed E-state index contributed by atoms with van der Waals surface area (Å²) in [6.45, 7) is 0. The minimum absolute atomic E-state index is 1.09. The van der Waals surface area contributed by atoms with Crippen molar-refractivity contribution in [2.45, 2.75) is 0 Å². The van der Waals surface area contributed by atoms with E-state index in [1.165, 1.54) is 25.8 Å². The van der Waals surface area contributed by atoms with Crippen LogP contribution >= 0.6 is 22.6 Å². The molecule has 0 heterocycles. The van der Waals surface area contributed by atoms with Gasteiger partial charge in [0, 0.05) is 20.5 Å². The van der Waals surface area contributed by atoms with Crippen LogP contribution < -0.4 is 5.32 Å². The molecule has 0 spiro atoms. The largest absolute Gasteiger partial charge is 0.355 e. The molecule has 4 aromatic carbocycles. The molecule has 0 aliphatic heterocycles. The smallest absolute Gasteiger partial charge is 0.0474 e. The van der Waals surface area contributed by atoms with Gasteiger partial charge in [-0.15, -0.1) is 0 Å². The topological polar surface area (TPSA) is 12.0 Å². The third-order valence-electron chi connectivity index (χ3n) is 4.32. The van der Waals surface area contributed by atoms with Gasteiger partial charge in [0.1, 0.15) is 0 Å². The van der Waals surface area contributed by atoms with E-state index in [1.54, 1.807) is 0 Å². The van der Waals surface area contributed by atoms with Gasteiger partial charge in [0.25, 0.3) is 0 Å². The van der Waals surface area contributed by atoms with Crippen molar-refractivity contribution in [3.05, 3.63) is 107 Å². The highest BCUT2D eigenvalue weighted by Gasteiger charge is 2.07. The second-order valence-electron chi connectivity index (χ2n) is 6.13. The molecule has 0 fully saturated rings. The van der Waals surface area contributed by atoms with E-state index >= 15 is 0 Å². The molecule has 0 saturated heterocycles. The molecule has 0 aliphatic rings. The van der Waals surface area contributed by atoms with Gasteiger partial charge in [0.15, 0.2) is 0 Å². The van der Waals surface area contributed by atoms with Gasteiger partial charge >= 0.3 is 0 Å². The molecule has 126 valence electrons. The Labute approximate surface area is 167 Å². The lowest BCUT2D eigenvalue weighted by Crippen LogP contribution is -1.94. The molecule has 0 atom stereocenters. The monoisotopic (exact) mass is 447 g/mol. The van der Waals surface area contributed by atoms with E-state index in [-0.39, 0.29) is 0 Å². The third kappa shape index (κ3) is 3.81. The fourth-order valence-corrected chi connectivity index (χ4v) is 3.54. The van der Waals surface area contributed by atoms with E-state index in [9.17, 15) is 0 Å². The Morgan fingerprint density at radius 1 is 0.538 bits per heavy atom. The van der Waals surface area contributed by atoms with Crippen LogP contribution in [-0.2, 0) is 0 Å². The van der Waals surface area contributed by atoms with Crippen LogP contribution in [0.25, 0.3) is 22.3 Å². The summed E-state index contributed by atoms with van der Waals surface area (Å²) in [5.41, 5.74) is 7.06. The van der Waals surface area contributed by atoms with Crippen molar-refractivity contribution in [3.8, 4) is 22.3 Å². The molecule has 4 aromatic rings. The molecule has 0 radical (unpaired) electrons. The number of nitrogens with one attached hydrogen (secondary N) is 1. The van der Waals surface area contributed by atoms with E-state index in [1.807, 2.05) is 12.1 Å². The SMILES string of the molecule is Ic1ccc(-c2ccccc2)c(Nc2cccc(-c3ccccc3)c2)c1.